The van der Waals surface area contributed by atoms with Gasteiger partial charge in [-0.25, -0.2) is 0 Å². The maximum atomic E-state index is 13.5. The number of carbonyl (C=O) groups is 2. The van der Waals surface area contributed by atoms with Crippen LogP contribution in [0.5, 0.6) is 5.75 Å². The number of carbonyl (C=O) groups excluding carboxylic acids is 2. The molecule has 0 N–H and O–H groups in total. The van der Waals surface area contributed by atoms with Crippen LogP contribution in [0.4, 0.5) is 0 Å². The third kappa shape index (κ3) is 5.34. The van der Waals surface area contributed by atoms with Gasteiger partial charge in [-0.2, -0.15) is 0 Å². The van der Waals surface area contributed by atoms with Gasteiger partial charge in [0.05, 0.1) is 6.04 Å². The molecule has 1 aliphatic rings. The summed E-state index contributed by atoms with van der Waals surface area (Å²) in [6, 6.07) is 16.5. The molecule has 34 heavy (non-hydrogen) atoms. The molecule has 7 heteroatoms. The fourth-order valence-electron chi connectivity index (χ4n) is 4.19. The van der Waals surface area contributed by atoms with Crippen molar-refractivity contribution in [3.05, 3.63) is 99.2 Å². The predicted octanol–water partition coefficient (Wildman–Crippen LogP) is 5.54. The first-order valence-electron chi connectivity index (χ1n) is 11.2. The van der Waals surface area contributed by atoms with Gasteiger partial charge in [-0.1, -0.05) is 35.9 Å². The molecule has 2 aromatic carbocycles. The zero-order valence-electron chi connectivity index (χ0n) is 19.1. The lowest BCUT2D eigenvalue weighted by atomic mass is 10.00. The molecule has 1 aliphatic heterocycles. The molecule has 3 aromatic rings. The van der Waals surface area contributed by atoms with Gasteiger partial charge in [0.1, 0.15) is 18.9 Å². The Kier molecular flexibility index (Phi) is 7.70. The number of hydrogen-bond acceptors (Lipinski definition) is 4. The Hall–Kier alpha value is -3.09. The quantitative estimate of drug-likeness (QED) is 0.386. The molecule has 2 amide bonds. The highest BCUT2D eigenvalue weighted by Crippen LogP contribution is 2.34. The normalized spacial score (nSPS) is 14.9. The lowest BCUT2D eigenvalue weighted by Gasteiger charge is -2.37. The Bertz CT molecular complexity index is 1170. The molecule has 0 fully saturated rings. The summed E-state index contributed by atoms with van der Waals surface area (Å²) in [5.74, 6) is 0.418. The molecule has 1 aromatic heterocycles. The summed E-state index contributed by atoms with van der Waals surface area (Å²) in [7, 11) is 0. The minimum atomic E-state index is -0.225. The van der Waals surface area contributed by atoms with Crippen LogP contribution in [0.25, 0.3) is 0 Å². The lowest BCUT2D eigenvalue weighted by molar-refractivity contribution is -0.135. The van der Waals surface area contributed by atoms with Gasteiger partial charge in [0.25, 0.3) is 5.91 Å². The molecule has 0 saturated carbocycles. The molecule has 4 rings (SSSR count). The van der Waals surface area contributed by atoms with Crippen molar-refractivity contribution in [3.63, 3.8) is 0 Å². The zero-order valence-corrected chi connectivity index (χ0v) is 20.6. The molecule has 5 nitrogen and oxygen atoms in total. The van der Waals surface area contributed by atoms with Crippen molar-refractivity contribution in [3.8, 4) is 5.75 Å². The molecular weight excluding hydrogens is 468 g/mol. The summed E-state index contributed by atoms with van der Waals surface area (Å²) < 4.78 is 6.05. The van der Waals surface area contributed by atoms with E-state index in [1.54, 1.807) is 40.5 Å². The summed E-state index contributed by atoms with van der Waals surface area (Å²) in [6.07, 6.45) is 2.45. The standard InChI is InChI=1S/C27H27ClN2O3S/c1-3-14-29(27(32)22-7-5-4-6-19(22)2)17-26(31)30-15-12-25-23(13-16-34-25)24(30)18-33-21-10-8-20(28)9-11-21/h3-11,13,16,24H,1,12,14-15,17-18H2,2H3/t24-/m1/s1. The summed E-state index contributed by atoms with van der Waals surface area (Å²) in [6.45, 7) is 6.86. The molecule has 1 atom stereocenters. The van der Waals surface area contributed by atoms with E-state index in [0.717, 1.165) is 17.5 Å². The Morgan fingerprint density at radius 3 is 2.71 bits per heavy atom. The van der Waals surface area contributed by atoms with E-state index < -0.39 is 0 Å². The summed E-state index contributed by atoms with van der Waals surface area (Å²) in [5.41, 5.74) is 2.58. The third-order valence-electron chi connectivity index (χ3n) is 5.98. The third-order valence-corrected chi connectivity index (χ3v) is 7.22. The number of amides is 2. The molecular formula is C27H27ClN2O3S. The van der Waals surface area contributed by atoms with Gasteiger partial charge < -0.3 is 14.5 Å². The second kappa shape index (κ2) is 10.9. The largest absolute Gasteiger partial charge is 0.491 e. The number of nitrogens with zero attached hydrogens (tertiary/aromatic N) is 2. The second-order valence-electron chi connectivity index (χ2n) is 8.21. The van der Waals surface area contributed by atoms with Crippen LogP contribution >= 0.6 is 22.9 Å². The van der Waals surface area contributed by atoms with Crippen molar-refractivity contribution >= 4 is 34.8 Å². The maximum absolute atomic E-state index is 13.5. The van der Waals surface area contributed by atoms with Gasteiger partial charge in [-0.3, -0.25) is 9.59 Å². The first-order chi connectivity index (χ1) is 16.5. The van der Waals surface area contributed by atoms with E-state index in [1.165, 1.54) is 4.88 Å². The van der Waals surface area contributed by atoms with Crippen molar-refractivity contribution < 1.29 is 14.3 Å². The fraction of sp³-hybridized carbons (Fsp3) is 0.259. The number of ether oxygens (including phenoxy) is 1. The maximum Gasteiger partial charge on any atom is 0.254 e. The van der Waals surface area contributed by atoms with Gasteiger partial charge in [0.2, 0.25) is 5.91 Å². The SMILES string of the molecule is C=CCN(CC(=O)N1CCc2sccc2[C@H]1COc1ccc(Cl)cc1)C(=O)c1ccccc1C. The smallest absolute Gasteiger partial charge is 0.254 e. The lowest BCUT2D eigenvalue weighted by Crippen LogP contribution is -2.48. The van der Waals surface area contributed by atoms with Crippen LogP contribution in [-0.4, -0.2) is 47.9 Å². The molecule has 0 spiro atoms. The molecule has 176 valence electrons. The van der Waals surface area contributed by atoms with Gasteiger partial charge >= 0.3 is 0 Å². The van der Waals surface area contributed by atoms with Crippen LogP contribution in [0.2, 0.25) is 5.02 Å². The zero-order chi connectivity index (χ0) is 24.1. The van der Waals surface area contributed by atoms with E-state index >= 15 is 0 Å². The average Bonchev–Trinajstić information content (AvgIpc) is 3.32. The van der Waals surface area contributed by atoms with Crippen molar-refractivity contribution in [1.82, 2.24) is 9.80 Å². The van der Waals surface area contributed by atoms with E-state index in [0.29, 0.717) is 36.0 Å². The van der Waals surface area contributed by atoms with E-state index in [2.05, 4.69) is 18.0 Å². The van der Waals surface area contributed by atoms with Gasteiger partial charge in [0, 0.05) is 28.6 Å². The Morgan fingerprint density at radius 1 is 1.21 bits per heavy atom. The summed E-state index contributed by atoms with van der Waals surface area (Å²) in [5, 5.41) is 2.70. The van der Waals surface area contributed by atoms with Crippen LogP contribution in [-0.2, 0) is 11.2 Å². The summed E-state index contributed by atoms with van der Waals surface area (Å²) in [4.78, 5) is 31.4. The van der Waals surface area contributed by atoms with Crippen LogP contribution in [0.15, 0.2) is 72.6 Å². The number of benzene rings is 2. The Balaban J connectivity index is 1.53. The Morgan fingerprint density at radius 2 is 1.97 bits per heavy atom. The van der Waals surface area contributed by atoms with Crippen molar-refractivity contribution in [2.45, 2.75) is 19.4 Å². The average molecular weight is 495 g/mol. The summed E-state index contributed by atoms with van der Waals surface area (Å²) >= 11 is 7.69. The first kappa shape index (κ1) is 24.0. The van der Waals surface area contributed by atoms with E-state index in [1.807, 2.05) is 42.2 Å². The van der Waals surface area contributed by atoms with Crippen molar-refractivity contribution in [2.75, 3.05) is 26.2 Å². The van der Waals surface area contributed by atoms with Gasteiger partial charge in [0.15, 0.2) is 0 Å². The highest BCUT2D eigenvalue weighted by molar-refractivity contribution is 7.10. The second-order valence-corrected chi connectivity index (χ2v) is 9.64. The van der Waals surface area contributed by atoms with Crippen molar-refractivity contribution in [2.24, 2.45) is 0 Å². The van der Waals surface area contributed by atoms with E-state index in [4.69, 9.17) is 16.3 Å². The molecule has 0 bridgehead atoms. The highest BCUT2D eigenvalue weighted by Gasteiger charge is 2.33. The number of halogens is 1. The van der Waals surface area contributed by atoms with E-state index in [9.17, 15) is 9.59 Å². The number of fused-ring (bicyclic) bond motifs is 1. The number of hydrogen-bond donors (Lipinski definition) is 0. The van der Waals surface area contributed by atoms with Crippen LogP contribution in [0, 0.1) is 6.92 Å². The monoisotopic (exact) mass is 494 g/mol. The van der Waals surface area contributed by atoms with Crippen LogP contribution in [0.1, 0.15) is 32.4 Å². The van der Waals surface area contributed by atoms with Crippen LogP contribution in [0.3, 0.4) is 0 Å². The molecule has 2 heterocycles. The fourth-order valence-corrected chi connectivity index (χ4v) is 5.25. The Labute approximate surface area is 209 Å². The van der Waals surface area contributed by atoms with Gasteiger partial charge in [-0.15, -0.1) is 17.9 Å². The minimum Gasteiger partial charge on any atom is -0.491 e. The molecule has 0 saturated heterocycles. The van der Waals surface area contributed by atoms with Crippen molar-refractivity contribution in [1.29, 1.82) is 0 Å². The minimum absolute atomic E-state index is 0.0178. The number of aryl methyl sites for hydroxylation is 1. The molecule has 0 radical (unpaired) electrons. The predicted molar refractivity (Wildman–Crippen MR) is 137 cm³/mol. The molecule has 0 aliphatic carbocycles. The number of rotatable bonds is 8. The number of thiophene rings is 1. The first-order valence-corrected chi connectivity index (χ1v) is 12.4. The topological polar surface area (TPSA) is 49.9 Å². The van der Waals surface area contributed by atoms with Crippen LogP contribution < -0.4 is 4.74 Å². The highest BCUT2D eigenvalue weighted by atomic mass is 35.5. The molecule has 0 unspecified atom stereocenters. The van der Waals surface area contributed by atoms with E-state index in [-0.39, 0.29) is 24.4 Å². The van der Waals surface area contributed by atoms with Gasteiger partial charge in [-0.05, 0) is 66.2 Å².